The van der Waals surface area contributed by atoms with Gasteiger partial charge in [-0.05, 0) is 80.4 Å². The topological polar surface area (TPSA) is 31.4 Å². The van der Waals surface area contributed by atoms with Gasteiger partial charge in [-0.25, -0.2) is 0 Å². The number of nitrogens with zero attached hydrogens (tertiary/aromatic N) is 3. The summed E-state index contributed by atoms with van der Waals surface area (Å²) in [6.45, 7) is 6.58. The maximum Gasteiger partial charge on any atom is 0.174 e. The third kappa shape index (κ3) is 4.12. The first-order valence-electron chi connectivity index (χ1n) is 11.1. The van der Waals surface area contributed by atoms with Gasteiger partial charge in [0.15, 0.2) is 5.11 Å². The number of halogens is 1. The Morgan fingerprint density at radius 2 is 1.94 bits per heavy atom. The summed E-state index contributed by atoms with van der Waals surface area (Å²) in [4.78, 5) is 11.8. The number of pyridine rings is 1. The highest BCUT2D eigenvalue weighted by atomic mass is 35.5. The highest BCUT2D eigenvalue weighted by Crippen LogP contribution is 2.45. The molecule has 1 aromatic carbocycles. The smallest absolute Gasteiger partial charge is 0.174 e. The quantitative estimate of drug-likeness (QED) is 0.428. The molecule has 0 spiro atoms. The molecular weight excluding hydrogens is 456 g/mol. The van der Waals surface area contributed by atoms with Crippen LogP contribution in [0.4, 0.5) is 11.4 Å². The third-order valence-electron chi connectivity index (χ3n) is 6.48. The fourth-order valence-electron chi connectivity index (χ4n) is 4.69. The molecule has 2 atom stereocenters. The summed E-state index contributed by atoms with van der Waals surface area (Å²) in [6.07, 6.45) is 4.26. The van der Waals surface area contributed by atoms with E-state index in [9.17, 15) is 0 Å². The van der Waals surface area contributed by atoms with Crippen molar-refractivity contribution in [2.75, 3.05) is 22.9 Å². The average molecular weight is 483 g/mol. The number of thiophene rings is 1. The molecule has 4 heterocycles. The summed E-state index contributed by atoms with van der Waals surface area (Å²) in [5.41, 5.74) is 3.11. The van der Waals surface area contributed by atoms with Crippen molar-refractivity contribution >= 4 is 51.6 Å². The molecule has 2 fully saturated rings. The van der Waals surface area contributed by atoms with Crippen LogP contribution < -0.4 is 15.1 Å². The predicted octanol–water partition coefficient (Wildman–Crippen LogP) is 6.52. The minimum Gasteiger partial charge on any atom is -0.370 e. The van der Waals surface area contributed by atoms with Gasteiger partial charge < -0.3 is 15.1 Å². The number of anilines is 2. The largest absolute Gasteiger partial charge is 0.370 e. The van der Waals surface area contributed by atoms with Crippen LogP contribution in [-0.4, -0.2) is 23.2 Å². The molecule has 4 nitrogen and oxygen atoms in total. The van der Waals surface area contributed by atoms with Crippen molar-refractivity contribution in [3.05, 3.63) is 75.2 Å². The van der Waals surface area contributed by atoms with Crippen LogP contribution in [0.15, 0.2) is 54.7 Å². The van der Waals surface area contributed by atoms with Crippen LogP contribution in [0, 0.1) is 12.8 Å². The Labute approximate surface area is 204 Å². The summed E-state index contributed by atoms with van der Waals surface area (Å²) in [7, 11) is 0. The van der Waals surface area contributed by atoms with Gasteiger partial charge in [-0.15, -0.1) is 11.3 Å². The summed E-state index contributed by atoms with van der Waals surface area (Å²) in [5.74, 6) is 0.788. The maximum atomic E-state index is 6.83. The molecule has 7 heteroatoms. The van der Waals surface area contributed by atoms with Crippen molar-refractivity contribution in [1.82, 2.24) is 10.3 Å². The zero-order valence-electron chi connectivity index (χ0n) is 18.3. The molecule has 0 amide bonds. The lowest BCUT2D eigenvalue weighted by Gasteiger charge is -2.33. The van der Waals surface area contributed by atoms with Gasteiger partial charge in [0.2, 0.25) is 0 Å². The highest BCUT2D eigenvalue weighted by molar-refractivity contribution is 7.80. The number of aryl methyl sites for hydroxylation is 1. The van der Waals surface area contributed by atoms with E-state index in [1.54, 1.807) is 11.3 Å². The van der Waals surface area contributed by atoms with Crippen LogP contribution in [-0.2, 0) is 0 Å². The van der Waals surface area contributed by atoms with Gasteiger partial charge in [0, 0.05) is 34.7 Å². The standard InChI is InChI=1S/C25H27ClN4S2/c1-16-10-13-29(14-11-16)21-8-7-18(15-19(21)26)30-24(22-9-6-17(2)32-22)23(28-25(30)31)20-5-3-4-12-27-20/h3-9,12,15-16,23-24H,10-11,13-14H2,1-2H3,(H,28,31). The monoisotopic (exact) mass is 482 g/mol. The fourth-order valence-corrected chi connectivity index (χ4v) is 6.33. The Bertz CT molecular complexity index is 1110. The number of thiocarbonyl (C=S) groups is 1. The number of rotatable bonds is 4. The van der Waals surface area contributed by atoms with E-state index in [-0.39, 0.29) is 12.1 Å². The molecule has 0 radical (unpaired) electrons. The lowest BCUT2D eigenvalue weighted by atomic mass is 9.98. The highest BCUT2D eigenvalue weighted by Gasteiger charge is 2.41. The molecular formula is C25H27ClN4S2. The Morgan fingerprint density at radius 1 is 1.12 bits per heavy atom. The first-order valence-corrected chi connectivity index (χ1v) is 12.7. The molecule has 0 bridgehead atoms. The van der Waals surface area contributed by atoms with Crippen LogP contribution in [0.25, 0.3) is 0 Å². The number of nitrogens with one attached hydrogen (secondary N) is 1. The predicted molar refractivity (Wildman–Crippen MR) is 139 cm³/mol. The number of hydrogen-bond acceptors (Lipinski definition) is 4. The Kier molecular flexibility index (Phi) is 6.10. The van der Waals surface area contributed by atoms with Crippen LogP contribution in [0.3, 0.4) is 0 Å². The molecule has 0 aliphatic carbocycles. The van der Waals surface area contributed by atoms with Crippen molar-refractivity contribution in [2.24, 2.45) is 5.92 Å². The number of aromatic nitrogens is 1. The second-order valence-electron chi connectivity index (χ2n) is 8.75. The molecule has 0 saturated carbocycles. The molecule has 2 aromatic heterocycles. The van der Waals surface area contributed by atoms with Gasteiger partial charge in [0.25, 0.3) is 0 Å². The van der Waals surface area contributed by atoms with E-state index >= 15 is 0 Å². The van der Waals surface area contributed by atoms with E-state index in [0.717, 1.165) is 41.1 Å². The van der Waals surface area contributed by atoms with Crippen molar-refractivity contribution in [3.8, 4) is 0 Å². The summed E-state index contributed by atoms with van der Waals surface area (Å²) in [5, 5.41) is 5.01. The Morgan fingerprint density at radius 3 is 2.59 bits per heavy atom. The normalized spacial score (nSPS) is 21.8. The lowest BCUT2D eigenvalue weighted by Crippen LogP contribution is -2.33. The Balaban J connectivity index is 1.51. The van der Waals surface area contributed by atoms with Gasteiger partial charge in [0.1, 0.15) is 0 Å². The lowest BCUT2D eigenvalue weighted by molar-refractivity contribution is 0.438. The van der Waals surface area contributed by atoms with E-state index < -0.39 is 0 Å². The molecule has 2 aliphatic heterocycles. The second-order valence-corrected chi connectivity index (χ2v) is 10.9. The zero-order valence-corrected chi connectivity index (χ0v) is 20.7. The third-order valence-corrected chi connectivity index (χ3v) is 8.17. The van der Waals surface area contributed by atoms with Gasteiger partial charge in [-0.1, -0.05) is 24.6 Å². The zero-order chi connectivity index (χ0) is 22.2. The van der Waals surface area contributed by atoms with Crippen molar-refractivity contribution in [2.45, 2.75) is 38.8 Å². The van der Waals surface area contributed by atoms with Gasteiger partial charge in [-0.3, -0.25) is 4.98 Å². The molecule has 2 aliphatic rings. The summed E-state index contributed by atoms with van der Waals surface area (Å²) >= 11 is 14.5. The molecule has 32 heavy (non-hydrogen) atoms. The first-order chi connectivity index (χ1) is 15.5. The van der Waals surface area contributed by atoms with E-state index in [2.05, 4.69) is 70.3 Å². The van der Waals surface area contributed by atoms with Crippen molar-refractivity contribution in [1.29, 1.82) is 0 Å². The van der Waals surface area contributed by atoms with Crippen LogP contribution in [0.2, 0.25) is 5.02 Å². The van der Waals surface area contributed by atoms with Crippen LogP contribution >= 0.6 is 35.2 Å². The summed E-state index contributed by atoms with van der Waals surface area (Å²) < 4.78 is 0. The molecule has 2 saturated heterocycles. The minimum absolute atomic E-state index is 0.0221. The Hall–Kier alpha value is -2.15. The minimum atomic E-state index is -0.0243. The van der Waals surface area contributed by atoms with Gasteiger partial charge >= 0.3 is 0 Å². The van der Waals surface area contributed by atoms with Crippen molar-refractivity contribution in [3.63, 3.8) is 0 Å². The number of piperidine rings is 1. The SMILES string of the molecule is Cc1ccc(C2C(c3ccccn3)NC(=S)N2c2ccc(N3CCC(C)CC3)c(Cl)c2)s1. The number of hydrogen-bond donors (Lipinski definition) is 1. The fraction of sp³-hybridized carbons (Fsp3) is 0.360. The number of benzene rings is 1. The average Bonchev–Trinajstić information content (AvgIpc) is 3.38. The molecule has 2 unspecified atom stereocenters. The van der Waals surface area contributed by atoms with Crippen LogP contribution in [0.1, 0.15) is 47.3 Å². The van der Waals surface area contributed by atoms with Gasteiger partial charge in [0.05, 0.1) is 28.5 Å². The molecule has 5 rings (SSSR count). The van der Waals surface area contributed by atoms with E-state index in [0.29, 0.717) is 5.11 Å². The maximum absolute atomic E-state index is 6.83. The second kappa shape index (κ2) is 9.00. The van der Waals surface area contributed by atoms with E-state index in [4.69, 9.17) is 23.8 Å². The molecule has 3 aromatic rings. The van der Waals surface area contributed by atoms with Crippen molar-refractivity contribution < 1.29 is 0 Å². The molecule has 1 N–H and O–H groups in total. The first kappa shape index (κ1) is 21.7. The molecule has 166 valence electrons. The van der Waals surface area contributed by atoms with E-state index in [1.165, 1.54) is 22.6 Å². The van der Waals surface area contributed by atoms with Gasteiger partial charge in [-0.2, -0.15) is 0 Å². The van der Waals surface area contributed by atoms with Crippen LogP contribution in [0.5, 0.6) is 0 Å². The van der Waals surface area contributed by atoms with E-state index in [1.807, 2.05) is 18.3 Å². The summed E-state index contributed by atoms with van der Waals surface area (Å²) in [6, 6.07) is 16.8.